The zero-order chi connectivity index (χ0) is 21.7. The summed E-state index contributed by atoms with van der Waals surface area (Å²) in [5.41, 5.74) is 2.35. The Morgan fingerprint density at radius 2 is 1.80 bits per heavy atom. The highest BCUT2D eigenvalue weighted by molar-refractivity contribution is 9.11. The molecule has 1 amide bonds. The quantitative estimate of drug-likeness (QED) is 0.398. The maximum atomic E-state index is 13.1. The molecule has 0 unspecified atom stereocenters. The number of para-hydroxylation sites is 1. The third-order valence-corrected chi connectivity index (χ3v) is 6.39. The maximum Gasteiger partial charge on any atom is 0.252 e. The van der Waals surface area contributed by atoms with Gasteiger partial charge in [-0.05, 0) is 52.0 Å². The zero-order valence-corrected chi connectivity index (χ0v) is 20.5. The molecule has 0 bridgehead atoms. The number of aromatic nitrogens is 1. The van der Waals surface area contributed by atoms with Crippen LogP contribution in [0.2, 0.25) is 0 Å². The zero-order valence-electron chi connectivity index (χ0n) is 18.1. The van der Waals surface area contributed by atoms with Gasteiger partial charge >= 0.3 is 0 Å². The number of benzene rings is 1. The van der Waals surface area contributed by atoms with Crippen LogP contribution >= 0.6 is 27.3 Å². The fraction of sp³-hybridized carbons (Fsp3) is 0.417. The van der Waals surface area contributed by atoms with Crippen molar-refractivity contribution in [2.24, 2.45) is 11.8 Å². The van der Waals surface area contributed by atoms with E-state index in [-0.39, 0.29) is 5.91 Å². The lowest BCUT2D eigenvalue weighted by molar-refractivity contribution is 0.0948. The number of rotatable bonds is 9. The van der Waals surface area contributed by atoms with Crippen molar-refractivity contribution in [3.8, 4) is 10.6 Å². The first-order valence-electron chi connectivity index (χ1n) is 10.5. The van der Waals surface area contributed by atoms with E-state index < -0.39 is 0 Å². The molecule has 0 spiro atoms. The summed E-state index contributed by atoms with van der Waals surface area (Å²) in [4.78, 5) is 21.4. The highest BCUT2D eigenvalue weighted by Gasteiger charge is 2.15. The number of fused-ring (bicyclic) bond motifs is 1. The van der Waals surface area contributed by atoms with Crippen molar-refractivity contribution >= 4 is 44.1 Å². The molecule has 0 fully saturated rings. The summed E-state index contributed by atoms with van der Waals surface area (Å²) in [5.74, 6) is 1.17. The van der Waals surface area contributed by atoms with Crippen molar-refractivity contribution in [3.63, 3.8) is 0 Å². The number of amides is 1. The van der Waals surface area contributed by atoms with Gasteiger partial charge in [0.25, 0.3) is 5.91 Å². The lowest BCUT2D eigenvalue weighted by atomic mass is 10.1. The summed E-state index contributed by atoms with van der Waals surface area (Å²) in [7, 11) is 0. The second-order valence-electron chi connectivity index (χ2n) is 8.48. The molecule has 0 aliphatic carbocycles. The van der Waals surface area contributed by atoms with Crippen LogP contribution in [0.25, 0.3) is 21.5 Å². The smallest absolute Gasteiger partial charge is 0.252 e. The number of nitrogens with zero attached hydrogens (tertiary/aromatic N) is 2. The van der Waals surface area contributed by atoms with Crippen molar-refractivity contribution in [1.29, 1.82) is 0 Å². The minimum Gasteiger partial charge on any atom is -0.351 e. The first-order valence-corrected chi connectivity index (χ1v) is 12.1. The maximum absolute atomic E-state index is 13.1. The molecule has 6 heteroatoms. The summed E-state index contributed by atoms with van der Waals surface area (Å²) in [6, 6.07) is 13.8. The molecule has 1 aromatic carbocycles. The van der Waals surface area contributed by atoms with Crippen LogP contribution in [0.5, 0.6) is 0 Å². The van der Waals surface area contributed by atoms with Gasteiger partial charge in [0.1, 0.15) is 0 Å². The summed E-state index contributed by atoms with van der Waals surface area (Å²) in [5, 5.41) is 4.02. The normalized spacial score (nSPS) is 11.7. The standard InChI is InChI=1S/C24H30BrN3OS/c1-16(2)14-28(15-17(3)4)12-11-26-24(29)19-13-21(22-9-10-23(25)30-22)27-20-8-6-5-7-18(19)20/h5-10,13,16-17H,11-12,14-15H2,1-4H3,(H,26,29). The lowest BCUT2D eigenvalue weighted by Crippen LogP contribution is -2.38. The fourth-order valence-corrected chi connectivity index (χ4v) is 5.00. The molecule has 4 nitrogen and oxygen atoms in total. The predicted octanol–water partition coefficient (Wildman–Crippen LogP) is 6.07. The van der Waals surface area contributed by atoms with Crippen molar-refractivity contribution in [1.82, 2.24) is 15.2 Å². The van der Waals surface area contributed by atoms with Crippen molar-refractivity contribution < 1.29 is 4.79 Å². The first-order chi connectivity index (χ1) is 14.3. The number of hydrogen-bond donors (Lipinski definition) is 1. The predicted molar refractivity (Wildman–Crippen MR) is 131 cm³/mol. The highest BCUT2D eigenvalue weighted by Crippen LogP contribution is 2.32. The Labute approximate surface area is 191 Å². The molecule has 0 atom stereocenters. The van der Waals surface area contributed by atoms with Gasteiger partial charge < -0.3 is 10.2 Å². The monoisotopic (exact) mass is 487 g/mol. The summed E-state index contributed by atoms with van der Waals surface area (Å²) >= 11 is 5.13. The molecular weight excluding hydrogens is 458 g/mol. The van der Waals surface area contributed by atoms with Gasteiger partial charge in [0, 0.05) is 31.6 Å². The van der Waals surface area contributed by atoms with E-state index in [9.17, 15) is 4.79 Å². The number of carbonyl (C=O) groups excluding carboxylic acids is 1. The molecule has 0 aliphatic rings. The number of halogens is 1. The average molecular weight is 488 g/mol. The van der Waals surface area contributed by atoms with Gasteiger partial charge in [0.2, 0.25) is 0 Å². The molecule has 30 heavy (non-hydrogen) atoms. The van der Waals surface area contributed by atoms with Crippen LogP contribution in [0.15, 0.2) is 46.3 Å². The molecule has 0 radical (unpaired) electrons. The Balaban J connectivity index is 1.78. The second-order valence-corrected chi connectivity index (χ2v) is 10.9. The van der Waals surface area contributed by atoms with Gasteiger partial charge in [-0.3, -0.25) is 4.79 Å². The molecule has 3 aromatic rings. The summed E-state index contributed by atoms with van der Waals surface area (Å²) in [6.45, 7) is 12.5. The molecule has 3 rings (SSSR count). The number of nitrogens with one attached hydrogen (secondary N) is 1. The third kappa shape index (κ3) is 6.13. The van der Waals surface area contributed by atoms with Gasteiger partial charge in [0.05, 0.1) is 25.4 Å². The largest absolute Gasteiger partial charge is 0.351 e. The molecule has 0 saturated carbocycles. The molecule has 0 aliphatic heterocycles. The molecular formula is C24H30BrN3OS. The minimum atomic E-state index is -0.0421. The van der Waals surface area contributed by atoms with Gasteiger partial charge in [-0.15, -0.1) is 11.3 Å². The number of carbonyl (C=O) groups is 1. The van der Waals surface area contributed by atoms with Crippen LogP contribution < -0.4 is 5.32 Å². The van der Waals surface area contributed by atoms with E-state index in [2.05, 4.69) is 53.8 Å². The Bertz CT molecular complexity index is 989. The number of hydrogen-bond acceptors (Lipinski definition) is 4. The molecule has 2 aromatic heterocycles. The highest BCUT2D eigenvalue weighted by atomic mass is 79.9. The van der Waals surface area contributed by atoms with Crippen molar-refractivity contribution in [3.05, 3.63) is 51.8 Å². The molecule has 0 saturated heterocycles. The second kappa shape index (κ2) is 10.5. The van der Waals surface area contributed by atoms with Gasteiger partial charge in [-0.25, -0.2) is 4.98 Å². The van der Waals surface area contributed by atoms with E-state index in [1.165, 1.54) is 0 Å². The Hall–Kier alpha value is -1.76. The van der Waals surface area contributed by atoms with Crippen LogP contribution in [-0.2, 0) is 0 Å². The SMILES string of the molecule is CC(C)CN(CCNC(=O)c1cc(-c2ccc(Br)s2)nc2ccccc12)CC(C)C. The van der Waals surface area contributed by atoms with Gasteiger partial charge in [-0.1, -0.05) is 45.9 Å². The first kappa shape index (κ1) is 22.9. The van der Waals surface area contributed by atoms with E-state index >= 15 is 0 Å². The third-order valence-electron chi connectivity index (χ3n) is 4.75. The van der Waals surface area contributed by atoms with Crippen LogP contribution in [0.3, 0.4) is 0 Å². The van der Waals surface area contributed by atoms with Crippen LogP contribution in [0.4, 0.5) is 0 Å². The van der Waals surface area contributed by atoms with Crippen molar-refractivity contribution in [2.75, 3.05) is 26.2 Å². The Morgan fingerprint density at radius 3 is 2.43 bits per heavy atom. The number of pyridine rings is 1. The minimum absolute atomic E-state index is 0.0421. The van der Waals surface area contributed by atoms with E-state index in [0.717, 1.165) is 44.9 Å². The molecule has 160 valence electrons. The van der Waals surface area contributed by atoms with E-state index in [1.807, 2.05) is 42.5 Å². The Morgan fingerprint density at radius 1 is 1.10 bits per heavy atom. The van der Waals surface area contributed by atoms with Crippen LogP contribution in [0.1, 0.15) is 38.1 Å². The molecule has 1 N–H and O–H groups in total. The van der Waals surface area contributed by atoms with E-state index in [1.54, 1.807) is 11.3 Å². The molecule has 2 heterocycles. The lowest BCUT2D eigenvalue weighted by Gasteiger charge is -2.26. The Kier molecular flexibility index (Phi) is 8.03. The summed E-state index contributed by atoms with van der Waals surface area (Å²) in [6.07, 6.45) is 0. The average Bonchev–Trinajstić information content (AvgIpc) is 3.12. The van der Waals surface area contributed by atoms with Gasteiger partial charge in [0.15, 0.2) is 0 Å². The van der Waals surface area contributed by atoms with Crippen molar-refractivity contribution in [2.45, 2.75) is 27.7 Å². The fourth-order valence-electron chi connectivity index (χ4n) is 3.65. The number of thiophene rings is 1. The van der Waals surface area contributed by atoms with E-state index in [4.69, 9.17) is 4.98 Å². The topological polar surface area (TPSA) is 45.2 Å². The summed E-state index contributed by atoms with van der Waals surface area (Å²) < 4.78 is 1.05. The van der Waals surface area contributed by atoms with Crippen LogP contribution in [0, 0.1) is 11.8 Å². The van der Waals surface area contributed by atoms with E-state index in [0.29, 0.717) is 23.9 Å². The van der Waals surface area contributed by atoms with Crippen LogP contribution in [-0.4, -0.2) is 42.0 Å². The van der Waals surface area contributed by atoms with Gasteiger partial charge in [-0.2, -0.15) is 0 Å².